The highest BCUT2D eigenvalue weighted by Crippen LogP contribution is 2.40. The van der Waals surface area contributed by atoms with Gasteiger partial charge in [-0.05, 0) is 49.8 Å². The van der Waals surface area contributed by atoms with E-state index in [1.54, 1.807) is 18.6 Å². The highest BCUT2D eigenvalue weighted by Gasteiger charge is 2.30. The van der Waals surface area contributed by atoms with Crippen molar-refractivity contribution in [3.63, 3.8) is 0 Å². The van der Waals surface area contributed by atoms with Gasteiger partial charge in [-0.25, -0.2) is 4.68 Å². The quantitative estimate of drug-likeness (QED) is 0.887. The lowest BCUT2D eigenvalue weighted by molar-refractivity contribution is -0.116. The fourth-order valence-corrected chi connectivity index (χ4v) is 2.53. The van der Waals surface area contributed by atoms with Crippen LogP contribution >= 0.6 is 0 Å². The van der Waals surface area contributed by atoms with Gasteiger partial charge < -0.3 is 5.32 Å². The minimum absolute atomic E-state index is 0.0246. The fourth-order valence-electron chi connectivity index (χ4n) is 2.53. The maximum absolute atomic E-state index is 12.1. The Balaban J connectivity index is 1.56. The van der Waals surface area contributed by atoms with Crippen LogP contribution in [0.15, 0.2) is 36.8 Å². The number of carbonyl (C=O) groups is 1. The molecule has 5 nitrogen and oxygen atoms in total. The number of nitrogens with zero attached hydrogens (tertiary/aromatic N) is 3. The number of aryl methyl sites for hydroxylation is 1. The lowest BCUT2D eigenvalue weighted by Gasteiger charge is -2.15. The van der Waals surface area contributed by atoms with Gasteiger partial charge in [0.15, 0.2) is 0 Å². The predicted molar refractivity (Wildman–Crippen MR) is 80.8 cm³/mol. The topological polar surface area (TPSA) is 59.8 Å². The molecule has 0 aliphatic heterocycles. The molecular formula is C16H20N4O. The van der Waals surface area contributed by atoms with E-state index < -0.39 is 0 Å². The molecule has 5 heteroatoms. The van der Waals surface area contributed by atoms with Gasteiger partial charge in [0, 0.05) is 24.9 Å². The molecule has 1 N–H and O–H groups in total. The van der Waals surface area contributed by atoms with E-state index in [9.17, 15) is 4.79 Å². The maximum Gasteiger partial charge on any atom is 0.225 e. The SMILES string of the molecule is C[C@@H](C1CC1)n1nccc1NC(=O)CCc1ccncc1. The average Bonchev–Trinajstić information content (AvgIpc) is 3.26. The number of hydrogen-bond acceptors (Lipinski definition) is 3. The van der Waals surface area contributed by atoms with Crippen LogP contribution in [0.3, 0.4) is 0 Å². The first kappa shape index (κ1) is 13.8. The minimum atomic E-state index is 0.0246. The first-order chi connectivity index (χ1) is 10.2. The average molecular weight is 284 g/mol. The van der Waals surface area contributed by atoms with Crippen LogP contribution in [0.25, 0.3) is 0 Å². The highest BCUT2D eigenvalue weighted by molar-refractivity contribution is 5.89. The molecule has 1 aliphatic carbocycles. The molecule has 1 saturated carbocycles. The summed E-state index contributed by atoms with van der Waals surface area (Å²) in [4.78, 5) is 16.1. The van der Waals surface area contributed by atoms with Crippen molar-refractivity contribution in [2.45, 2.75) is 38.6 Å². The van der Waals surface area contributed by atoms with Crippen molar-refractivity contribution in [3.8, 4) is 0 Å². The second kappa shape index (κ2) is 6.08. The van der Waals surface area contributed by atoms with Crippen molar-refractivity contribution in [2.75, 3.05) is 5.32 Å². The standard InChI is InChI=1S/C16H20N4O/c1-12(14-3-4-14)20-15(8-11-18-20)19-16(21)5-2-13-6-9-17-10-7-13/h6-12,14H,2-5H2,1H3,(H,19,21)/t12-/m0/s1. The molecule has 2 aromatic rings. The van der Waals surface area contributed by atoms with Crippen LogP contribution < -0.4 is 5.32 Å². The van der Waals surface area contributed by atoms with Gasteiger partial charge in [0.05, 0.1) is 12.2 Å². The van der Waals surface area contributed by atoms with Crippen LogP contribution in [0.2, 0.25) is 0 Å². The van der Waals surface area contributed by atoms with Crippen molar-refractivity contribution >= 4 is 11.7 Å². The van der Waals surface area contributed by atoms with E-state index in [0.29, 0.717) is 18.4 Å². The van der Waals surface area contributed by atoms with Gasteiger partial charge in [0.1, 0.15) is 5.82 Å². The fraction of sp³-hybridized carbons (Fsp3) is 0.438. The molecule has 110 valence electrons. The Morgan fingerprint density at radius 1 is 1.33 bits per heavy atom. The molecule has 2 aromatic heterocycles. The third-order valence-electron chi connectivity index (χ3n) is 4.02. The van der Waals surface area contributed by atoms with Gasteiger partial charge in [0.25, 0.3) is 0 Å². The molecule has 0 bridgehead atoms. The summed E-state index contributed by atoms with van der Waals surface area (Å²) in [6.07, 6.45) is 8.96. The summed E-state index contributed by atoms with van der Waals surface area (Å²) in [6, 6.07) is 6.10. The van der Waals surface area contributed by atoms with Crippen molar-refractivity contribution in [3.05, 3.63) is 42.4 Å². The molecule has 3 rings (SSSR count). The van der Waals surface area contributed by atoms with Crippen LogP contribution in [0.5, 0.6) is 0 Å². The summed E-state index contributed by atoms with van der Waals surface area (Å²) >= 11 is 0. The molecule has 2 heterocycles. The second-order valence-corrected chi connectivity index (χ2v) is 5.64. The molecule has 1 amide bonds. The van der Waals surface area contributed by atoms with Crippen LogP contribution in [0, 0.1) is 5.92 Å². The smallest absolute Gasteiger partial charge is 0.225 e. The Morgan fingerprint density at radius 3 is 2.81 bits per heavy atom. The molecule has 0 spiro atoms. The molecule has 0 aromatic carbocycles. The zero-order valence-electron chi connectivity index (χ0n) is 12.2. The van der Waals surface area contributed by atoms with Crippen molar-refractivity contribution < 1.29 is 4.79 Å². The van der Waals surface area contributed by atoms with E-state index in [-0.39, 0.29) is 5.91 Å². The molecule has 1 atom stereocenters. The maximum atomic E-state index is 12.1. The highest BCUT2D eigenvalue weighted by atomic mass is 16.1. The second-order valence-electron chi connectivity index (χ2n) is 5.64. The largest absolute Gasteiger partial charge is 0.311 e. The van der Waals surface area contributed by atoms with Crippen LogP contribution in [0.1, 0.15) is 37.8 Å². The van der Waals surface area contributed by atoms with Gasteiger partial charge in [-0.15, -0.1) is 0 Å². The molecule has 1 fully saturated rings. The number of aromatic nitrogens is 3. The summed E-state index contributed by atoms with van der Waals surface area (Å²) in [5.74, 6) is 1.53. The first-order valence-electron chi connectivity index (χ1n) is 7.46. The van der Waals surface area contributed by atoms with Crippen molar-refractivity contribution in [2.24, 2.45) is 5.92 Å². The number of carbonyl (C=O) groups excluding carboxylic acids is 1. The lowest BCUT2D eigenvalue weighted by atomic mass is 10.1. The van der Waals surface area contributed by atoms with Gasteiger partial charge in [-0.1, -0.05) is 0 Å². The van der Waals surface area contributed by atoms with E-state index in [4.69, 9.17) is 0 Å². The molecule has 0 unspecified atom stereocenters. The molecule has 0 radical (unpaired) electrons. The van der Waals surface area contributed by atoms with Gasteiger partial charge in [0.2, 0.25) is 5.91 Å². The first-order valence-corrected chi connectivity index (χ1v) is 7.46. The van der Waals surface area contributed by atoms with Gasteiger partial charge in [-0.2, -0.15) is 5.10 Å². The Hall–Kier alpha value is -2.17. The van der Waals surface area contributed by atoms with E-state index in [0.717, 1.165) is 17.8 Å². The molecular weight excluding hydrogens is 264 g/mol. The van der Waals surface area contributed by atoms with Gasteiger partial charge in [-0.3, -0.25) is 9.78 Å². The summed E-state index contributed by atoms with van der Waals surface area (Å²) in [5, 5.41) is 7.31. The Kier molecular flexibility index (Phi) is 3.99. The van der Waals surface area contributed by atoms with Crippen molar-refractivity contribution in [1.82, 2.24) is 14.8 Å². The molecule has 1 aliphatic rings. The summed E-state index contributed by atoms with van der Waals surface area (Å²) in [6.45, 7) is 2.16. The monoisotopic (exact) mass is 284 g/mol. The van der Waals surface area contributed by atoms with Crippen LogP contribution in [0.4, 0.5) is 5.82 Å². The Morgan fingerprint density at radius 2 is 2.10 bits per heavy atom. The number of pyridine rings is 1. The van der Waals surface area contributed by atoms with E-state index in [2.05, 4.69) is 22.3 Å². The minimum Gasteiger partial charge on any atom is -0.311 e. The van der Waals surface area contributed by atoms with Crippen LogP contribution in [-0.4, -0.2) is 20.7 Å². The van der Waals surface area contributed by atoms with E-state index in [1.807, 2.05) is 22.9 Å². The normalized spacial score (nSPS) is 15.7. The summed E-state index contributed by atoms with van der Waals surface area (Å²) in [7, 11) is 0. The van der Waals surface area contributed by atoms with Crippen LogP contribution in [-0.2, 0) is 11.2 Å². The zero-order chi connectivity index (χ0) is 14.7. The van der Waals surface area contributed by atoms with E-state index in [1.165, 1.54) is 12.8 Å². The Bertz CT molecular complexity index is 604. The summed E-state index contributed by atoms with van der Waals surface area (Å²) < 4.78 is 1.93. The number of anilines is 1. The molecule has 0 saturated heterocycles. The number of amides is 1. The summed E-state index contributed by atoms with van der Waals surface area (Å²) in [5.41, 5.74) is 1.13. The Labute approximate surface area is 124 Å². The van der Waals surface area contributed by atoms with Crippen molar-refractivity contribution in [1.29, 1.82) is 0 Å². The predicted octanol–water partition coefficient (Wildman–Crippen LogP) is 2.82. The van der Waals surface area contributed by atoms with Gasteiger partial charge >= 0.3 is 0 Å². The zero-order valence-corrected chi connectivity index (χ0v) is 12.2. The number of hydrogen-bond donors (Lipinski definition) is 1. The lowest BCUT2D eigenvalue weighted by Crippen LogP contribution is -2.18. The number of nitrogens with one attached hydrogen (secondary N) is 1. The number of rotatable bonds is 6. The molecule has 21 heavy (non-hydrogen) atoms. The third-order valence-corrected chi connectivity index (χ3v) is 4.02. The third kappa shape index (κ3) is 3.48. The van der Waals surface area contributed by atoms with E-state index >= 15 is 0 Å².